The van der Waals surface area contributed by atoms with E-state index in [0.29, 0.717) is 36.0 Å². The van der Waals surface area contributed by atoms with Crippen molar-refractivity contribution in [3.63, 3.8) is 0 Å². The van der Waals surface area contributed by atoms with E-state index in [1.54, 1.807) is 19.2 Å². The van der Waals surface area contributed by atoms with E-state index < -0.39 is 11.2 Å². The van der Waals surface area contributed by atoms with Crippen LogP contribution in [0.1, 0.15) is 75.0 Å². The minimum Gasteiger partial charge on any atom is -0.485 e. The molecule has 0 aliphatic heterocycles. The van der Waals surface area contributed by atoms with E-state index in [2.05, 4.69) is 62.1 Å². The normalized spacial score (nSPS) is 30.3. The lowest BCUT2D eigenvalue weighted by Gasteiger charge is -2.62. The highest BCUT2D eigenvalue weighted by atomic mass is 127. The van der Waals surface area contributed by atoms with Crippen LogP contribution < -0.4 is 10.1 Å². The first-order valence-corrected chi connectivity index (χ1v) is 14.0. The molecule has 0 bridgehead atoms. The number of carbonyl (C=O) groups is 1. The van der Waals surface area contributed by atoms with Crippen LogP contribution in [-0.4, -0.2) is 40.3 Å². The molecule has 202 valence electrons. The molecule has 0 spiro atoms. The molecule has 5 rings (SSSR count). The minimum absolute atomic E-state index is 0.142. The second-order valence-corrected chi connectivity index (χ2v) is 12.8. The van der Waals surface area contributed by atoms with Crippen LogP contribution in [0.2, 0.25) is 0 Å². The summed E-state index contributed by atoms with van der Waals surface area (Å²) in [5.74, 6) is 1.26. The van der Waals surface area contributed by atoms with Crippen molar-refractivity contribution in [1.82, 2.24) is 20.4 Å². The maximum Gasteiger partial charge on any atom is 0.246 e. The van der Waals surface area contributed by atoms with Gasteiger partial charge in [0.1, 0.15) is 11.4 Å². The minimum atomic E-state index is -1.45. The zero-order valence-electron chi connectivity index (χ0n) is 21.8. The van der Waals surface area contributed by atoms with E-state index in [1.807, 2.05) is 18.2 Å². The smallest absolute Gasteiger partial charge is 0.246 e. The van der Waals surface area contributed by atoms with Gasteiger partial charge in [-0.3, -0.25) is 9.78 Å². The van der Waals surface area contributed by atoms with Gasteiger partial charge in [0.15, 0.2) is 6.61 Å². The summed E-state index contributed by atoms with van der Waals surface area (Å²) in [6.45, 7) is 5.66. The molecule has 3 N–H and O–H groups in total. The number of amides is 1. The standard InChI is InChI=1S/C28H33IN4O5/c1-4-26-16-25(3,35)28(36,22-7-5-6-12-30-22)17-27(26,29)11-10-19-13-20(8-9-21(19)26)37-15-23-32-24(38-33-23)14-31-18(2)34/h5-9,12-13,35-36H,4,10-11,14-17H2,1-3H3,(H,31,34)/t25-,26+,27+,28-/m1/s1. The summed E-state index contributed by atoms with van der Waals surface area (Å²) in [7, 11) is 0. The number of hydrogen-bond acceptors (Lipinski definition) is 8. The van der Waals surface area contributed by atoms with Gasteiger partial charge < -0.3 is 24.8 Å². The Morgan fingerprint density at radius 2 is 2.05 bits per heavy atom. The molecule has 9 nitrogen and oxygen atoms in total. The fourth-order valence-electron chi connectivity index (χ4n) is 6.36. The second kappa shape index (κ2) is 9.87. The average Bonchev–Trinajstić information content (AvgIpc) is 3.35. The van der Waals surface area contributed by atoms with E-state index in [4.69, 9.17) is 9.26 Å². The van der Waals surface area contributed by atoms with Crippen LogP contribution >= 0.6 is 22.6 Å². The number of halogens is 1. The maximum absolute atomic E-state index is 11.9. The van der Waals surface area contributed by atoms with Crippen LogP contribution in [-0.2, 0) is 35.4 Å². The summed E-state index contributed by atoms with van der Waals surface area (Å²) in [5.41, 5.74) is -0.233. The monoisotopic (exact) mass is 632 g/mol. The van der Waals surface area contributed by atoms with Crippen LogP contribution in [0.4, 0.5) is 0 Å². The zero-order chi connectivity index (χ0) is 27.2. The summed E-state index contributed by atoms with van der Waals surface area (Å²) >= 11 is 2.55. The molecule has 38 heavy (non-hydrogen) atoms. The highest BCUT2D eigenvalue weighted by molar-refractivity contribution is 14.1. The lowest BCUT2D eigenvalue weighted by atomic mass is 9.49. The van der Waals surface area contributed by atoms with Gasteiger partial charge in [-0.2, -0.15) is 4.98 Å². The number of nitrogens with zero attached hydrogens (tertiary/aromatic N) is 3. The van der Waals surface area contributed by atoms with E-state index in [9.17, 15) is 15.0 Å². The van der Waals surface area contributed by atoms with Crippen molar-refractivity contribution >= 4 is 28.5 Å². The molecule has 2 heterocycles. The van der Waals surface area contributed by atoms with E-state index >= 15 is 0 Å². The highest BCUT2D eigenvalue weighted by Crippen LogP contribution is 2.65. The number of ether oxygens (including phenoxy) is 1. The molecular weight excluding hydrogens is 599 g/mol. The molecule has 3 aromatic rings. The Bertz CT molecular complexity index is 1330. The van der Waals surface area contributed by atoms with Crippen LogP contribution in [0.3, 0.4) is 0 Å². The third kappa shape index (κ3) is 4.50. The van der Waals surface area contributed by atoms with Crippen molar-refractivity contribution in [3.05, 3.63) is 71.1 Å². The molecule has 1 saturated carbocycles. The van der Waals surface area contributed by atoms with Crippen molar-refractivity contribution < 1.29 is 24.3 Å². The summed E-state index contributed by atoms with van der Waals surface area (Å²) in [6, 6.07) is 11.6. The Balaban J connectivity index is 1.39. The van der Waals surface area contributed by atoms with Crippen LogP contribution in [0.5, 0.6) is 5.75 Å². The van der Waals surface area contributed by atoms with Crippen LogP contribution in [0.25, 0.3) is 0 Å². The van der Waals surface area contributed by atoms with E-state index in [-0.39, 0.29) is 27.9 Å². The molecule has 0 saturated heterocycles. The molecule has 1 amide bonds. The quantitative estimate of drug-likeness (QED) is 0.265. The largest absolute Gasteiger partial charge is 0.485 e. The number of hydrogen-bond donors (Lipinski definition) is 3. The Kier molecular flexibility index (Phi) is 7.02. The molecule has 2 aliphatic carbocycles. The number of benzene rings is 1. The molecule has 2 aromatic heterocycles. The lowest BCUT2D eigenvalue weighted by Crippen LogP contribution is -2.67. The third-order valence-electron chi connectivity index (χ3n) is 8.37. The number of aryl methyl sites for hydroxylation is 1. The third-order valence-corrected chi connectivity index (χ3v) is 10.3. The fraction of sp³-hybridized carbons (Fsp3) is 0.500. The van der Waals surface area contributed by atoms with Crippen molar-refractivity contribution in [2.24, 2.45) is 0 Å². The Hall–Kier alpha value is -2.57. The van der Waals surface area contributed by atoms with Gasteiger partial charge in [-0.05, 0) is 68.0 Å². The molecule has 1 aromatic carbocycles. The molecule has 4 atom stereocenters. The zero-order valence-corrected chi connectivity index (χ0v) is 24.0. The Morgan fingerprint density at radius 1 is 1.24 bits per heavy atom. The summed E-state index contributed by atoms with van der Waals surface area (Å²) < 4.78 is 10.9. The predicted molar refractivity (Wildman–Crippen MR) is 148 cm³/mol. The summed E-state index contributed by atoms with van der Waals surface area (Å²) in [6.07, 6.45) is 5.02. The summed E-state index contributed by atoms with van der Waals surface area (Å²) in [5, 5.41) is 30.3. The molecular formula is C28H33IN4O5. The van der Waals surface area contributed by atoms with Gasteiger partial charge in [-0.1, -0.05) is 46.8 Å². The summed E-state index contributed by atoms with van der Waals surface area (Å²) in [4.78, 5) is 19.8. The number of fused-ring (bicyclic) bond motifs is 3. The first-order chi connectivity index (χ1) is 18.0. The van der Waals surface area contributed by atoms with Crippen molar-refractivity contribution in [3.8, 4) is 5.75 Å². The average molecular weight is 632 g/mol. The molecule has 1 fully saturated rings. The lowest BCUT2D eigenvalue weighted by molar-refractivity contribution is -0.198. The molecule has 2 aliphatic rings. The van der Waals surface area contributed by atoms with Gasteiger partial charge in [0.25, 0.3) is 0 Å². The maximum atomic E-state index is 11.9. The number of nitrogens with one attached hydrogen (secondary N) is 1. The van der Waals surface area contributed by atoms with Gasteiger partial charge >= 0.3 is 0 Å². The van der Waals surface area contributed by atoms with Crippen LogP contribution in [0.15, 0.2) is 47.1 Å². The molecule has 0 radical (unpaired) electrons. The number of aromatic nitrogens is 3. The van der Waals surface area contributed by atoms with Gasteiger partial charge in [-0.15, -0.1) is 0 Å². The molecule has 10 heteroatoms. The number of rotatable bonds is 7. The first kappa shape index (κ1) is 27.0. The Labute approximate surface area is 235 Å². The second-order valence-electron chi connectivity index (χ2n) is 10.7. The fourth-order valence-corrected chi connectivity index (χ4v) is 8.05. The molecule has 0 unspecified atom stereocenters. The van der Waals surface area contributed by atoms with Gasteiger partial charge in [-0.25, -0.2) is 0 Å². The van der Waals surface area contributed by atoms with Crippen molar-refractivity contribution in [2.75, 3.05) is 0 Å². The van der Waals surface area contributed by atoms with Crippen molar-refractivity contribution in [1.29, 1.82) is 0 Å². The predicted octanol–water partition coefficient (Wildman–Crippen LogP) is 3.88. The number of alkyl halides is 1. The van der Waals surface area contributed by atoms with Crippen molar-refractivity contribution in [2.45, 2.75) is 86.1 Å². The number of aliphatic hydroxyl groups is 2. The number of pyridine rings is 1. The van der Waals surface area contributed by atoms with Gasteiger partial charge in [0.05, 0.1) is 17.8 Å². The first-order valence-electron chi connectivity index (χ1n) is 12.9. The van der Waals surface area contributed by atoms with Gasteiger partial charge in [0.2, 0.25) is 17.6 Å². The van der Waals surface area contributed by atoms with E-state index in [0.717, 1.165) is 19.3 Å². The highest BCUT2D eigenvalue weighted by Gasteiger charge is 2.67. The van der Waals surface area contributed by atoms with Crippen LogP contribution in [0, 0.1) is 0 Å². The Morgan fingerprint density at radius 3 is 2.76 bits per heavy atom. The van der Waals surface area contributed by atoms with E-state index in [1.165, 1.54) is 18.1 Å². The SMILES string of the molecule is CC[C@@]12C[C@@](C)(O)[C@](O)(c3ccccn3)C[C@@]1(I)CCc1cc(OCc3noc(CNC(C)=O)n3)ccc12. The topological polar surface area (TPSA) is 131 Å². The van der Waals surface area contributed by atoms with Gasteiger partial charge in [0, 0.05) is 28.4 Å². The number of carbonyl (C=O) groups excluding carboxylic acids is 1.